The number of para-hydroxylation sites is 1. The molecule has 1 aliphatic heterocycles. The molecule has 2 amide bonds. The number of hydrogen-bond acceptors (Lipinski definition) is 5. The van der Waals surface area contributed by atoms with Crippen molar-refractivity contribution >= 4 is 57.2 Å². The summed E-state index contributed by atoms with van der Waals surface area (Å²) in [4.78, 5) is 27.2. The summed E-state index contributed by atoms with van der Waals surface area (Å²) in [6, 6.07) is 22.1. The Labute approximate surface area is 211 Å². The number of fused-ring (bicyclic) bond motifs is 1. The highest BCUT2D eigenvalue weighted by Gasteiger charge is 2.36. The lowest BCUT2D eigenvalue weighted by atomic mass is 10.1. The van der Waals surface area contributed by atoms with Crippen molar-refractivity contribution in [3.63, 3.8) is 0 Å². The summed E-state index contributed by atoms with van der Waals surface area (Å²) < 4.78 is 13.2. The van der Waals surface area contributed by atoms with Gasteiger partial charge in [-0.2, -0.15) is 0 Å². The van der Waals surface area contributed by atoms with Crippen molar-refractivity contribution in [2.75, 3.05) is 18.6 Å². The van der Waals surface area contributed by atoms with Gasteiger partial charge in [0.05, 0.1) is 24.2 Å². The molecule has 5 rings (SSSR count). The standard InChI is InChI=1S/C27H21ClN2O4S/c1-33-21-9-11-22(12-10-21)34-14-13-29-17-18(23-7-2-3-8-24(23)29)15-25-26(31)30(27(32)35-25)20-6-4-5-19(28)16-20/h2-12,15-17H,13-14H2,1H3/b25-15-. The SMILES string of the molecule is COc1ccc(OCCn2cc(/C=C3\SC(=O)N(c4cccc(Cl)c4)C3=O)c3ccccc32)cc1. The largest absolute Gasteiger partial charge is 0.497 e. The lowest BCUT2D eigenvalue weighted by molar-refractivity contribution is -0.113. The molecule has 0 aliphatic carbocycles. The monoisotopic (exact) mass is 504 g/mol. The molecule has 0 atom stereocenters. The van der Waals surface area contributed by atoms with Crippen molar-refractivity contribution in [2.45, 2.75) is 6.54 Å². The zero-order valence-corrected chi connectivity index (χ0v) is 20.4. The van der Waals surface area contributed by atoms with Crippen molar-refractivity contribution < 1.29 is 19.1 Å². The molecule has 0 radical (unpaired) electrons. The highest BCUT2D eigenvalue weighted by atomic mass is 35.5. The Morgan fingerprint density at radius 3 is 2.51 bits per heavy atom. The molecule has 1 saturated heterocycles. The van der Waals surface area contributed by atoms with E-state index < -0.39 is 0 Å². The van der Waals surface area contributed by atoms with Gasteiger partial charge in [-0.3, -0.25) is 9.59 Å². The summed E-state index contributed by atoms with van der Waals surface area (Å²) >= 11 is 6.98. The summed E-state index contributed by atoms with van der Waals surface area (Å²) in [6.45, 7) is 1.08. The number of rotatable bonds is 7. The predicted octanol–water partition coefficient (Wildman–Crippen LogP) is 6.62. The van der Waals surface area contributed by atoms with Gasteiger partial charge in [-0.1, -0.05) is 35.9 Å². The molecule has 6 nitrogen and oxygen atoms in total. The molecule has 1 aliphatic rings. The van der Waals surface area contributed by atoms with E-state index in [0.717, 1.165) is 44.6 Å². The molecule has 2 heterocycles. The fourth-order valence-corrected chi connectivity index (χ4v) is 4.97. The van der Waals surface area contributed by atoms with Crippen molar-refractivity contribution in [3.8, 4) is 11.5 Å². The molecule has 0 bridgehead atoms. The predicted molar refractivity (Wildman–Crippen MR) is 140 cm³/mol. The lowest BCUT2D eigenvalue weighted by Gasteiger charge is -2.12. The van der Waals surface area contributed by atoms with Gasteiger partial charge in [0.25, 0.3) is 11.1 Å². The van der Waals surface area contributed by atoms with E-state index in [4.69, 9.17) is 21.1 Å². The maximum absolute atomic E-state index is 13.1. The van der Waals surface area contributed by atoms with Crippen LogP contribution in [0.4, 0.5) is 10.5 Å². The van der Waals surface area contributed by atoms with E-state index in [2.05, 4.69) is 4.57 Å². The molecule has 176 valence electrons. The smallest absolute Gasteiger partial charge is 0.298 e. The Morgan fingerprint density at radius 1 is 0.971 bits per heavy atom. The Bertz CT molecular complexity index is 1450. The number of methoxy groups -OCH3 is 1. The van der Waals surface area contributed by atoms with Crippen LogP contribution in [-0.4, -0.2) is 29.4 Å². The van der Waals surface area contributed by atoms with Gasteiger partial charge in [0.1, 0.15) is 18.1 Å². The van der Waals surface area contributed by atoms with Gasteiger partial charge in [-0.05, 0) is 66.4 Å². The molecule has 0 spiro atoms. The molecule has 3 aromatic carbocycles. The second kappa shape index (κ2) is 9.90. The Balaban J connectivity index is 1.38. The second-order valence-corrected chi connectivity index (χ2v) is 9.25. The van der Waals surface area contributed by atoms with Crippen LogP contribution in [0.1, 0.15) is 5.56 Å². The second-order valence-electron chi connectivity index (χ2n) is 7.82. The molecule has 0 unspecified atom stereocenters. The van der Waals surface area contributed by atoms with Gasteiger partial charge in [0.2, 0.25) is 0 Å². The zero-order chi connectivity index (χ0) is 24.4. The number of nitrogens with zero attached hydrogens (tertiary/aromatic N) is 2. The number of ether oxygens (including phenoxy) is 2. The number of imide groups is 1. The first-order valence-corrected chi connectivity index (χ1v) is 12.1. The normalized spacial score (nSPS) is 14.8. The number of benzene rings is 3. The van der Waals surface area contributed by atoms with E-state index in [1.54, 1.807) is 37.5 Å². The zero-order valence-electron chi connectivity index (χ0n) is 18.8. The minimum absolute atomic E-state index is 0.347. The van der Waals surface area contributed by atoms with Crippen LogP contribution in [0.3, 0.4) is 0 Å². The summed E-state index contributed by atoms with van der Waals surface area (Å²) in [6.07, 6.45) is 3.76. The third-order valence-electron chi connectivity index (χ3n) is 5.63. The van der Waals surface area contributed by atoms with Crippen LogP contribution < -0.4 is 14.4 Å². The van der Waals surface area contributed by atoms with E-state index in [-0.39, 0.29) is 11.1 Å². The highest BCUT2D eigenvalue weighted by molar-refractivity contribution is 8.19. The number of carbonyl (C=O) groups is 2. The first-order chi connectivity index (χ1) is 17.0. The molecular weight excluding hydrogens is 484 g/mol. The van der Waals surface area contributed by atoms with Gasteiger partial charge in [-0.15, -0.1) is 0 Å². The minimum atomic E-state index is -0.359. The Morgan fingerprint density at radius 2 is 1.74 bits per heavy atom. The summed E-state index contributed by atoms with van der Waals surface area (Å²) in [5, 5.41) is 1.11. The fourth-order valence-electron chi connectivity index (χ4n) is 3.96. The van der Waals surface area contributed by atoms with E-state index in [0.29, 0.717) is 28.8 Å². The lowest BCUT2D eigenvalue weighted by Crippen LogP contribution is -2.27. The first kappa shape index (κ1) is 23.1. The molecule has 1 aromatic heterocycles. The first-order valence-electron chi connectivity index (χ1n) is 10.9. The van der Waals surface area contributed by atoms with Gasteiger partial charge < -0.3 is 14.0 Å². The quantitative estimate of drug-likeness (QED) is 0.264. The van der Waals surface area contributed by atoms with E-state index >= 15 is 0 Å². The van der Waals surface area contributed by atoms with Gasteiger partial charge in [-0.25, -0.2) is 4.90 Å². The number of halogens is 1. The molecule has 8 heteroatoms. The third-order valence-corrected chi connectivity index (χ3v) is 6.73. The average Bonchev–Trinajstić information content (AvgIpc) is 3.35. The van der Waals surface area contributed by atoms with E-state index in [1.165, 1.54) is 0 Å². The van der Waals surface area contributed by atoms with Crippen molar-refractivity contribution in [3.05, 3.63) is 94.5 Å². The molecule has 0 N–H and O–H groups in total. The van der Waals surface area contributed by atoms with Crippen LogP contribution in [0.2, 0.25) is 5.02 Å². The maximum atomic E-state index is 13.1. The molecular formula is C27H21ClN2O4S. The molecule has 1 fully saturated rings. The van der Waals surface area contributed by atoms with Crippen LogP contribution in [0.15, 0.2) is 83.9 Å². The summed E-state index contributed by atoms with van der Waals surface area (Å²) in [5.41, 5.74) is 2.34. The van der Waals surface area contributed by atoms with Crippen LogP contribution >= 0.6 is 23.4 Å². The Hall–Kier alpha value is -3.68. The minimum Gasteiger partial charge on any atom is -0.497 e. The van der Waals surface area contributed by atoms with Crippen molar-refractivity contribution in [2.24, 2.45) is 0 Å². The van der Waals surface area contributed by atoms with Gasteiger partial charge >= 0.3 is 0 Å². The molecule has 0 saturated carbocycles. The van der Waals surface area contributed by atoms with Crippen LogP contribution in [0.5, 0.6) is 11.5 Å². The number of aromatic nitrogens is 1. The fraction of sp³-hybridized carbons (Fsp3) is 0.111. The van der Waals surface area contributed by atoms with Crippen molar-refractivity contribution in [1.29, 1.82) is 0 Å². The van der Waals surface area contributed by atoms with Gasteiger partial charge in [0.15, 0.2) is 0 Å². The number of anilines is 1. The Kier molecular flexibility index (Phi) is 6.53. The number of thioether (sulfide) groups is 1. The van der Waals surface area contributed by atoms with E-state index in [1.807, 2.05) is 54.7 Å². The average molecular weight is 505 g/mol. The van der Waals surface area contributed by atoms with Crippen LogP contribution in [0, 0.1) is 0 Å². The summed E-state index contributed by atoms with van der Waals surface area (Å²) in [7, 11) is 1.63. The van der Waals surface area contributed by atoms with Crippen molar-refractivity contribution in [1.82, 2.24) is 4.57 Å². The third kappa shape index (κ3) is 4.78. The molecule has 4 aromatic rings. The topological polar surface area (TPSA) is 60.8 Å². The van der Waals surface area contributed by atoms with Crippen LogP contribution in [-0.2, 0) is 11.3 Å². The van der Waals surface area contributed by atoms with Crippen LogP contribution in [0.25, 0.3) is 17.0 Å². The number of carbonyl (C=O) groups excluding carboxylic acids is 2. The van der Waals surface area contributed by atoms with Gasteiger partial charge in [0, 0.05) is 27.7 Å². The number of hydrogen-bond donors (Lipinski definition) is 0. The number of amides is 2. The molecule has 35 heavy (non-hydrogen) atoms. The van der Waals surface area contributed by atoms with E-state index in [9.17, 15) is 9.59 Å². The maximum Gasteiger partial charge on any atom is 0.298 e. The summed E-state index contributed by atoms with van der Waals surface area (Å²) in [5.74, 6) is 1.18. The highest BCUT2D eigenvalue weighted by Crippen LogP contribution is 2.37.